The molecule has 232 valence electrons. The Morgan fingerprint density at radius 1 is 0.891 bits per heavy atom. The molecule has 10 heteroatoms. The highest BCUT2D eigenvalue weighted by molar-refractivity contribution is 7.91. The summed E-state index contributed by atoms with van der Waals surface area (Å²) >= 11 is 0. The maximum Gasteiger partial charge on any atom is 0.291 e. The number of amides is 1. The Labute approximate surface area is 268 Å². The number of nitrogens with one attached hydrogen (secondary N) is 1. The molecule has 0 spiro atoms. The van der Waals surface area contributed by atoms with E-state index in [1.807, 2.05) is 79.4 Å². The van der Waals surface area contributed by atoms with Gasteiger partial charge in [0.2, 0.25) is 15.7 Å². The number of ether oxygens (including phenoxy) is 1. The molecule has 1 N–H and O–H groups in total. The van der Waals surface area contributed by atoms with Crippen LogP contribution in [0.1, 0.15) is 55.1 Å². The minimum absolute atomic E-state index is 0.180. The van der Waals surface area contributed by atoms with E-state index in [4.69, 9.17) is 14.8 Å². The Kier molecular flexibility index (Phi) is 7.24. The molecular formula is C36H33N5O4S. The maximum atomic E-state index is 13.5. The van der Waals surface area contributed by atoms with E-state index in [-0.39, 0.29) is 21.5 Å². The van der Waals surface area contributed by atoms with E-state index in [1.165, 1.54) is 0 Å². The summed E-state index contributed by atoms with van der Waals surface area (Å²) < 4.78 is 34.3. The number of hydrogen-bond acceptors (Lipinski definition) is 7. The van der Waals surface area contributed by atoms with Crippen LogP contribution in [0, 0.1) is 6.92 Å². The van der Waals surface area contributed by atoms with Gasteiger partial charge < -0.3 is 15.0 Å². The highest BCUT2D eigenvalue weighted by atomic mass is 32.2. The third-order valence-electron chi connectivity index (χ3n) is 8.42. The maximum absolute atomic E-state index is 13.5. The number of aliphatic imine (C=N–C) groups is 1. The third kappa shape index (κ3) is 4.85. The number of carbonyl (C=O) groups excluding carboxylic acids is 1. The summed E-state index contributed by atoms with van der Waals surface area (Å²) in [6, 6.07) is 28.7. The first-order valence-electron chi connectivity index (χ1n) is 15.2. The van der Waals surface area contributed by atoms with Crippen LogP contribution in [-0.2, 0) is 14.6 Å². The Morgan fingerprint density at radius 2 is 1.54 bits per heavy atom. The van der Waals surface area contributed by atoms with Crippen molar-refractivity contribution in [3.05, 3.63) is 119 Å². The van der Waals surface area contributed by atoms with Crippen molar-refractivity contribution in [2.45, 2.75) is 49.4 Å². The van der Waals surface area contributed by atoms with Crippen LogP contribution >= 0.6 is 0 Å². The molecule has 0 saturated heterocycles. The lowest BCUT2D eigenvalue weighted by molar-refractivity contribution is -0.110. The van der Waals surface area contributed by atoms with E-state index >= 15 is 0 Å². The summed E-state index contributed by atoms with van der Waals surface area (Å²) in [4.78, 5) is 20.8. The summed E-state index contributed by atoms with van der Waals surface area (Å²) in [6.45, 7) is 8.56. The van der Waals surface area contributed by atoms with Crippen LogP contribution in [0.3, 0.4) is 0 Å². The van der Waals surface area contributed by atoms with Crippen molar-refractivity contribution in [2.24, 2.45) is 4.99 Å². The first kappa shape index (κ1) is 29.5. The molecule has 0 bridgehead atoms. The highest BCUT2D eigenvalue weighted by Gasteiger charge is 2.42. The molecule has 1 atom stereocenters. The highest BCUT2D eigenvalue weighted by Crippen LogP contribution is 2.47. The number of amidine groups is 1. The van der Waals surface area contributed by atoms with Gasteiger partial charge in [0, 0.05) is 5.56 Å². The molecule has 0 radical (unpaired) electrons. The first-order chi connectivity index (χ1) is 22.2. The van der Waals surface area contributed by atoms with E-state index in [0.29, 0.717) is 29.7 Å². The fourth-order valence-electron chi connectivity index (χ4n) is 6.08. The van der Waals surface area contributed by atoms with E-state index in [9.17, 15) is 13.2 Å². The quantitative estimate of drug-likeness (QED) is 0.205. The smallest absolute Gasteiger partial charge is 0.291 e. The molecule has 46 heavy (non-hydrogen) atoms. The van der Waals surface area contributed by atoms with E-state index < -0.39 is 15.9 Å². The lowest BCUT2D eigenvalue weighted by Crippen LogP contribution is -2.48. The van der Waals surface area contributed by atoms with Gasteiger partial charge in [-0.3, -0.25) is 4.79 Å². The number of aromatic nitrogens is 2. The Balaban J connectivity index is 1.33. The number of carbonyl (C=O) groups is 1. The molecule has 0 unspecified atom stereocenters. The number of benzene rings is 4. The van der Waals surface area contributed by atoms with Gasteiger partial charge in [-0.05, 0) is 91.6 Å². The fourth-order valence-corrected chi connectivity index (χ4v) is 7.35. The van der Waals surface area contributed by atoms with Crippen LogP contribution in [0.15, 0.2) is 112 Å². The average Bonchev–Trinajstić information content (AvgIpc) is 3.40. The molecule has 4 aromatic carbocycles. The first-order valence-corrected chi connectivity index (χ1v) is 16.7. The monoisotopic (exact) mass is 631 g/mol. The van der Waals surface area contributed by atoms with Gasteiger partial charge >= 0.3 is 0 Å². The minimum atomic E-state index is -3.72. The zero-order valence-electron chi connectivity index (χ0n) is 25.9. The summed E-state index contributed by atoms with van der Waals surface area (Å²) in [5.41, 5.74) is 5.75. The standard InChI is InChI=1S/C36H33N5O4S/c1-5-45-27-16-10-25(11-17-27)33-32-23(4)39-41(34(32)38-35-36(42)37-30-8-6-7-9-31(30)40(33)35)26-14-20-29(21-15-26)46(43,44)28-18-12-24(13-19-28)22(2)3/h6-22,33H,5H2,1-4H3,(H,37,42)/t33-/m1/s1. The number of sulfone groups is 1. The summed E-state index contributed by atoms with van der Waals surface area (Å²) in [6.07, 6.45) is 0. The van der Waals surface area contributed by atoms with Crippen molar-refractivity contribution in [1.82, 2.24) is 9.78 Å². The van der Waals surface area contributed by atoms with Crippen LogP contribution < -0.4 is 15.0 Å². The molecule has 5 aromatic rings. The van der Waals surface area contributed by atoms with Gasteiger partial charge in [0.05, 0.1) is 45.2 Å². The van der Waals surface area contributed by atoms with Crippen LogP contribution in [-0.4, -0.2) is 36.5 Å². The second kappa shape index (κ2) is 11.3. The molecule has 2 aliphatic rings. The zero-order valence-corrected chi connectivity index (χ0v) is 26.7. The van der Waals surface area contributed by atoms with Crippen molar-refractivity contribution in [3.63, 3.8) is 0 Å². The normalized spacial score (nSPS) is 15.5. The third-order valence-corrected chi connectivity index (χ3v) is 10.2. The van der Waals surface area contributed by atoms with E-state index in [0.717, 1.165) is 33.8 Å². The molecule has 7 rings (SSSR count). The zero-order chi connectivity index (χ0) is 32.2. The Bertz CT molecular complexity index is 2100. The van der Waals surface area contributed by atoms with Crippen molar-refractivity contribution in [2.75, 3.05) is 16.8 Å². The molecule has 0 saturated carbocycles. The Morgan fingerprint density at radius 3 is 2.20 bits per heavy atom. The van der Waals surface area contributed by atoms with Crippen LogP contribution in [0.2, 0.25) is 0 Å². The number of nitrogens with zero attached hydrogens (tertiary/aromatic N) is 4. The second-order valence-corrected chi connectivity index (χ2v) is 13.6. The fraction of sp³-hybridized carbons (Fsp3) is 0.194. The summed E-state index contributed by atoms with van der Waals surface area (Å²) in [7, 11) is -3.72. The average molecular weight is 632 g/mol. The Hall–Kier alpha value is -5.22. The molecule has 1 aromatic heterocycles. The second-order valence-electron chi connectivity index (χ2n) is 11.6. The molecule has 1 amide bonds. The molecule has 9 nitrogen and oxygen atoms in total. The minimum Gasteiger partial charge on any atom is -0.494 e. The van der Waals surface area contributed by atoms with Crippen LogP contribution in [0.25, 0.3) is 5.69 Å². The topological polar surface area (TPSA) is 106 Å². The van der Waals surface area contributed by atoms with Crippen molar-refractivity contribution >= 4 is 38.8 Å². The lowest BCUT2D eigenvalue weighted by Gasteiger charge is -2.40. The molecule has 0 fully saturated rings. The number of para-hydroxylation sites is 2. The van der Waals surface area contributed by atoms with E-state index in [1.54, 1.807) is 41.1 Å². The number of rotatable bonds is 7. The van der Waals surface area contributed by atoms with Crippen molar-refractivity contribution < 1.29 is 17.9 Å². The number of fused-ring (bicyclic) bond motifs is 4. The largest absolute Gasteiger partial charge is 0.494 e. The summed E-state index contributed by atoms with van der Waals surface area (Å²) in [5.74, 6) is 1.49. The predicted molar refractivity (Wildman–Crippen MR) is 178 cm³/mol. The van der Waals surface area contributed by atoms with E-state index in [2.05, 4.69) is 19.2 Å². The van der Waals surface area contributed by atoms with Gasteiger partial charge in [0.25, 0.3) is 5.91 Å². The van der Waals surface area contributed by atoms with Gasteiger partial charge in [-0.25, -0.2) is 18.1 Å². The van der Waals surface area contributed by atoms with Gasteiger partial charge in [0.1, 0.15) is 5.75 Å². The van der Waals surface area contributed by atoms with Gasteiger partial charge in [-0.15, -0.1) is 0 Å². The van der Waals surface area contributed by atoms with Crippen molar-refractivity contribution in [3.8, 4) is 11.4 Å². The number of anilines is 2. The van der Waals surface area contributed by atoms with Crippen LogP contribution in [0.4, 0.5) is 17.2 Å². The lowest BCUT2D eigenvalue weighted by atomic mass is 9.93. The molecule has 0 aliphatic carbocycles. The number of hydrogen-bond donors (Lipinski definition) is 1. The SMILES string of the molecule is CCOc1ccc([C@@H]2c3c(C)nn(-c4ccc(S(=O)(=O)c5ccc(C(C)C)cc5)cc4)c3N=C3C(=O)Nc4ccccc4N32)cc1. The van der Waals surface area contributed by atoms with Gasteiger partial charge in [-0.1, -0.05) is 50.2 Å². The molecule has 2 aliphatic heterocycles. The van der Waals surface area contributed by atoms with Crippen LogP contribution in [0.5, 0.6) is 5.75 Å². The molecular weight excluding hydrogens is 598 g/mol. The predicted octanol–water partition coefficient (Wildman–Crippen LogP) is 7.13. The number of aryl methyl sites for hydroxylation is 1. The van der Waals surface area contributed by atoms with Gasteiger partial charge in [-0.2, -0.15) is 5.10 Å². The van der Waals surface area contributed by atoms with Crippen molar-refractivity contribution in [1.29, 1.82) is 0 Å². The molecule has 3 heterocycles. The summed E-state index contributed by atoms with van der Waals surface area (Å²) in [5, 5.41) is 7.85. The van der Waals surface area contributed by atoms with Gasteiger partial charge in [0.15, 0.2) is 5.82 Å².